The van der Waals surface area contributed by atoms with Crippen LogP contribution in [0.2, 0.25) is 0 Å². The van der Waals surface area contributed by atoms with Gasteiger partial charge in [0.25, 0.3) is 0 Å². The number of likely N-dealkylation sites (N-methyl/N-ethyl adjacent to an activating group) is 1. The highest BCUT2D eigenvalue weighted by Gasteiger charge is 1.96. The lowest BCUT2D eigenvalue weighted by atomic mass is 10.4. The van der Waals surface area contributed by atoms with Crippen molar-refractivity contribution < 1.29 is 4.74 Å². The van der Waals surface area contributed by atoms with Crippen LogP contribution in [-0.2, 0) is 0 Å². The van der Waals surface area contributed by atoms with Crippen LogP contribution in [0.25, 0.3) is 0 Å². The molecule has 0 aliphatic rings. The molecule has 1 rings (SSSR count). The third-order valence-electron chi connectivity index (χ3n) is 1.53. The Morgan fingerprint density at radius 3 is 2.20 bits per heavy atom. The zero-order chi connectivity index (χ0) is 11.7. The molecule has 1 aromatic rings. The summed E-state index contributed by atoms with van der Waals surface area (Å²) < 4.78 is 5.31. The lowest BCUT2D eigenvalue weighted by Crippen LogP contribution is -2.19. The highest BCUT2D eigenvalue weighted by atomic mass is 16.5. The van der Waals surface area contributed by atoms with Gasteiger partial charge >= 0.3 is 6.01 Å². The van der Waals surface area contributed by atoms with Crippen molar-refractivity contribution in [2.45, 2.75) is 20.8 Å². The Kier molecular flexibility index (Phi) is 7.54. The van der Waals surface area contributed by atoms with Gasteiger partial charge in [0.15, 0.2) is 0 Å². The van der Waals surface area contributed by atoms with Gasteiger partial charge in [-0.1, -0.05) is 13.8 Å². The molecular formula is C11H21N3O. The molecule has 0 saturated heterocycles. The minimum absolute atomic E-state index is 0.451. The molecule has 0 aliphatic heterocycles. The smallest absolute Gasteiger partial charge is 0.316 e. The second kappa shape index (κ2) is 8.17. The summed E-state index contributed by atoms with van der Waals surface area (Å²) >= 11 is 0. The lowest BCUT2D eigenvalue weighted by molar-refractivity contribution is 0.245. The van der Waals surface area contributed by atoms with E-state index in [-0.39, 0.29) is 0 Å². The first-order valence-corrected chi connectivity index (χ1v) is 5.24. The van der Waals surface area contributed by atoms with E-state index in [9.17, 15) is 0 Å². The topological polar surface area (TPSA) is 38.2 Å². The van der Waals surface area contributed by atoms with Gasteiger partial charge in [-0.05, 0) is 26.6 Å². The largest absolute Gasteiger partial charge is 0.462 e. The zero-order valence-corrected chi connectivity index (χ0v) is 10.3. The first-order chi connectivity index (χ1) is 7.18. The minimum Gasteiger partial charge on any atom is -0.462 e. The molecule has 0 bridgehead atoms. The first-order valence-electron chi connectivity index (χ1n) is 5.24. The number of aromatic nitrogens is 2. The van der Waals surface area contributed by atoms with Gasteiger partial charge in [0.1, 0.15) is 6.61 Å². The minimum atomic E-state index is 0.451. The van der Waals surface area contributed by atoms with Crippen LogP contribution < -0.4 is 4.74 Å². The Morgan fingerprint density at radius 1 is 1.20 bits per heavy atom. The van der Waals surface area contributed by atoms with Crippen LogP contribution in [0.3, 0.4) is 0 Å². The summed E-state index contributed by atoms with van der Waals surface area (Å²) in [5, 5.41) is 0. The van der Waals surface area contributed by atoms with Crippen molar-refractivity contribution in [3.63, 3.8) is 0 Å². The predicted octanol–water partition coefficient (Wildman–Crippen LogP) is 1.75. The van der Waals surface area contributed by atoms with E-state index in [1.807, 2.05) is 39.8 Å². The number of ether oxygens (including phenoxy) is 1. The Morgan fingerprint density at radius 2 is 1.73 bits per heavy atom. The van der Waals surface area contributed by atoms with E-state index in [1.165, 1.54) is 0 Å². The van der Waals surface area contributed by atoms with E-state index in [0.717, 1.165) is 12.1 Å². The molecule has 0 unspecified atom stereocenters. The molecule has 0 atom stereocenters. The predicted molar refractivity (Wildman–Crippen MR) is 62.2 cm³/mol. The normalized spacial score (nSPS) is 9.47. The Labute approximate surface area is 92.3 Å². The second-order valence-electron chi connectivity index (χ2n) is 3.19. The summed E-state index contributed by atoms with van der Waals surface area (Å²) in [4.78, 5) is 10.1. The van der Waals surface area contributed by atoms with Crippen molar-refractivity contribution in [2.75, 3.05) is 27.2 Å². The molecule has 4 heteroatoms. The monoisotopic (exact) mass is 211 g/mol. The van der Waals surface area contributed by atoms with Gasteiger partial charge < -0.3 is 9.64 Å². The van der Waals surface area contributed by atoms with Gasteiger partial charge in [-0.25, -0.2) is 9.97 Å². The van der Waals surface area contributed by atoms with Gasteiger partial charge in [-0.15, -0.1) is 0 Å². The summed E-state index contributed by atoms with van der Waals surface area (Å²) in [5.41, 5.74) is 1.04. The maximum Gasteiger partial charge on any atom is 0.316 e. The van der Waals surface area contributed by atoms with Crippen LogP contribution in [0.4, 0.5) is 0 Å². The maximum atomic E-state index is 5.31. The van der Waals surface area contributed by atoms with Gasteiger partial charge in [0.2, 0.25) is 0 Å². The number of hydrogen-bond acceptors (Lipinski definition) is 4. The van der Waals surface area contributed by atoms with Crippen LogP contribution in [0.5, 0.6) is 6.01 Å². The molecule has 15 heavy (non-hydrogen) atoms. The van der Waals surface area contributed by atoms with Crippen molar-refractivity contribution in [2.24, 2.45) is 0 Å². The van der Waals surface area contributed by atoms with E-state index in [0.29, 0.717) is 12.6 Å². The fourth-order valence-electron chi connectivity index (χ4n) is 0.775. The summed E-state index contributed by atoms with van der Waals surface area (Å²) in [6.45, 7) is 7.44. The molecule has 4 nitrogen and oxygen atoms in total. The van der Waals surface area contributed by atoms with E-state index < -0.39 is 0 Å². The molecule has 1 aromatic heterocycles. The molecule has 0 aromatic carbocycles. The third kappa shape index (κ3) is 6.85. The second-order valence-corrected chi connectivity index (χ2v) is 3.19. The lowest BCUT2D eigenvalue weighted by Gasteiger charge is -2.09. The Bertz CT molecular complexity index is 247. The van der Waals surface area contributed by atoms with E-state index >= 15 is 0 Å². The Hall–Kier alpha value is -1.16. The zero-order valence-electron chi connectivity index (χ0n) is 10.3. The van der Waals surface area contributed by atoms with Crippen molar-refractivity contribution >= 4 is 0 Å². The molecule has 0 saturated carbocycles. The van der Waals surface area contributed by atoms with Crippen molar-refractivity contribution in [3.05, 3.63) is 18.0 Å². The van der Waals surface area contributed by atoms with E-state index in [4.69, 9.17) is 4.74 Å². The molecule has 0 N–H and O–H groups in total. The van der Waals surface area contributed by atoms with Crippen LogP contribution >= 0.6 is 0 Å². The van der Waals surface area contributed by atoms with Crippen LogP contribution in [0.15, 0.2) is 12.4 Å². The van der Waals surface area contributed by atoms with Gasteiger partial charge in [0, 0.05) is 18.9 Å². The van der Waals surface area contributed by atoms with Gasteiger partial charge in [-0.2, -0.15) is 0 Å². The van der Waals surface area contributed by atoms with Gasteiger partial charge in [-0.3, -0.25) is 0 Å². The summed E-state index contributed by atoms with van der Waals surface area (Å²) in [6, 6.07) is 0.451. The molecular weight excluding hydrogens is 190 g/mol. The first kappa shape index (κ1) is 13.8. The highest BCUT2D eigenvalue weighted by Crippen LogP contribution is 2.00. The summed E-state index contributed by atoms with van der Waals surface area (Å²) in [5.74, 6) is 0. The molecule has 0 amide bonds. The standard InChI is InChI=1S/C9H15N3O.C2H6/c1-8-6-10-9(11-7-8)13-5-4-12(2)3;1-2/h6-7H,4-5H2,1-3H3;1-2H3. The number of rotatable bonds is 4. The van der Waals surface area contributed by atoms with Crippen LogP contribution in [0.1, 0.15) is 19.4 Å². The number of hydrogen-bond donors (Lipinski definition) is 0. The van der Waals surface area contributed by atoms with Crippen LogP contribution in [0, 0.1) is 6.92 Å². The van der Waals surface area contributed by atoms with Crippen molar-refractivity contribution in [1.29, 1.82) is 0 Å². The molecule has 0 spiro atoms. The SMILES string of the molecule is CC.Cc1cnc(OCCN(C)C)nc1. The van der Waals surface area contributed by atoms with Crippen molar-refractivity contribution in [3.8, 4) is 6.01 Å². The van der Waals surface area contributed by atoms with E-state index in [2.05, 4.69) is 9.97 Å². The maximum absolute atomic E-state index is 5.31. The molecule has 0 fully saturated rings. The summed E-state index contributed by atoms with van der Waals surface area (Å²) in [6.07, 6.45) is 3.50. The quantitative estimate of drug-likeness (QED) is 0.760. The molecule has 0 aliphatic carbocycles. The third-order valence-corrected chi connectivity index (χ3v) is 1.53. The number of nitrogens with zero attached hydrogens (tertiary/aromatic N) is 3. The average molecular weight is 211 g/mol. The van der Waals surface area contributed by atoms with Crippen LogP contribution in [-0.4, -0.2) is 42.1 Å². The average Bonchev–Trinajstić information content (AvgIpc) is 2.23. The summed E-state index contributed by atoms with van der Waals surface area (Å²) in [7, 11) is 4.00. The molecule has 0 radical (unpaired) electrons. The highest BCUT2D eigenvalue weighted by molar-refractivity contribution is 5.04. The fourth-order valence-corrected chi connectivity index (χ4v) is 0.775. The Balaban J connectivity index is 0.000000921. The number of aryl methyl sites for hydroxylation is 1. The molecule has 1 heterocycles. The molecule has 86 valence electrons. The van der Waals surface area contributed by atoms with Gasteiger partial charge in [0.05, 0.1) is 0 Å². The fraction of sp³-hybridized carbons (Fsp3) is 0.636. The van der Waals surface area contributed by atoms with E-state index in [1.54, 1.807) is 12.4 Å². The van der Waals surface area contributed by atoms with Crippen molar-refractivity contribution in [1.82, 2.24) is 14.9 Å².